The van der Waals surface area contributed by atoms with Crippen LogP contribution in [-0.2, 0) is 10.4 Å². The molecule has 0 aliphatic heterocycles. The number of hydrogen-bond acceptors (Lipinski definition) is 3. The van der Waals surface area contributed by atoms with Crippen LogP contribution in [0.15, 0.2) is 0 Å². The fourth-order valence-corrected chi connectivity index (χ4v) is 2.13. The molecule has 0 fully saturated rings. The molecule has 0 rings (SSSR count). The van der Waals surface area contributed by atoms with Crippen LogP contribution in [0.25, 0.3) is 0 Å². The van der Waals surface area contributed by atoms with Crippen LogP contribution in [-0.4, -0.2) is 29.2 Å². The number of hydrogen-bond donors (Lipinski definition) is 3. The van der Waals surface area contributed by atoms with Gasteiger partial charge in [-0.05, 0) is 12.3 Å². The largest absolute Gasteiger partial charge is 0.396 e. The zero-order valence-electron chi connectivity index (χ0n) is 12.9. The van der Waals surface area contributed by atoms with Gasteiger partial charge in [0.25, 0.3) is 0 Å². The Kier molecular flexibility index (Phi) is 16.8. The van der Waals surface area contributed by atoms with Gasteiger partial charge in [-0.3, -0.25) is 9.11 Å². The minimum Gasteiger partial charge on any atom is -0.396 e. The molecular weight excluding hydrogens is 280 g/mol. The molecule has 0 spiro atoms. The van der Waals surface area contributed by atoms with Gasteiger partial charge in [0.05, 0.1) is 0 Å². The Morgan fingerprint density at radius 1 is 0.850 bits per heavy atom. The van der Waals surface area contributed by atoms with Crippen LogP contribution in [0.3, 0.4) is 0 Å². The predicted molar refractivity (Wildman–Crippen MR) is 82.3 cm³/mol. The van der Waals surface area contributed by atoms with E-state index in [2.05, 4.69) is 13.8 Å². The normalized spacial score (nSPS) is 12.7. The number of rotatable bonds is 11. The highest BCUT2D eigenvalue weighted by atomic mass is 32.3. The van der Waals surface area contributed by atoms with Crippen LogP contribution in [0.1, 0.15) is 78.1 Å². The van der Waals surface area contributed by atoms with Crippen molar-refractivity contribution in [2.24, 2.45) is 5.92 Å². The molecule has 6 heteroatoms. The van der Waals surface area contributed by atoms with Gasteiger partial charge in [-0.2, -0.15) is 8.42 Å². The molecule has 0 aromatic rings. The van der Waals surface area contributed by atoms with Crippen LogP contribution in [0.4, 0.5) is 0 Å². The predicted octanol–water partition coefficient (Wildman–Crippen LogP) is 3.88. The molecule has 1 unspecified atom stereocenters. The lowest BCUT2D eigenvalue weighted by Gasteiger charge is -2.09. The van der Waals surface area contributed by atoms with Crippen LogP contribution in [0.2, 0.25) is 0 Å². The first-order chi connectivity index (χ1) is 9.31. The van der Waals surface area contributed by atoms with Gasteiger partial charge in [0.1, 0.15) is 0 Å². The summed E-state index contributed by atoms with van der Waals surface area (Å²) in [5, 5.41) is 8.62. The minimum absolute atomic E-state index is 0.370. The smallest absolute Gasteiger partial charge is 0.394 e. The fourth-order valence-electron chi connectivity index (χ4n) is 2.13. The fraction of sp³-hybridized carbons (Fsp3) is 1.00. The van der Waals surface area contributed by atoms with Crippen LogP contribution in [0.5, 0.6) is 0 Å². The van der Waals surface area contributed by atoms with Gasteiger partial charge < -0.3 is 5.11 Å². The highest BCUT2D eigenvalue weighted by Crippen LogP contribution is 2.15. The van der Waals surface area contributed by atoms with E-state index in [0.717, 1.165) is 12.3 Å². The molecule has 0 heterocycles. The molecule has 5 nitrogen and oxygen atoms in total. The second kappa shape index (κ2) is 15.2. The molecule has 0 aliphatic carbocycles. The summed E-state index contributed by atoms with van der Waals surface area (Å²) in [7, 11) is -4.67. The molecule has 124 valence electrons. The van der Waals surface area contributed by atoms with Crippen molar-refractivity contribution >= 4 is 10.4 Å². The molecule has 0 aliphatic rings. The first kappa shape index (κ1) is 22.1. The second-order valence-corrected chi connectivity index (χ2v) is 6.22. The summed E-state index contributed by atoms with van der Waals surface area (Å²) in [6.45, 7) is 5.02. The summed E-state index contributed by atoms with van der Waals surface area (Å²) < 4.78 is 31.6. The topological polar surface area (TPSA) is 94.8 Å². The Morgan fingerprint density at radius 2 is 1.25 bits per heavy atom. The van der Waals surface area contributed by atoms with Gasteiger partial charge in [-0.15, -0.1) is 0 Å². The quantitative estimate of drug-likeness (QED) is 0.397. The first-order valence-electron chi connectivity index (χ1n) is 7.62. The molecular formula is C14H32O5S. The maximum absolute atomic E-state index is 8.74. The van der Waals surface area contributed by atoms with E-state index in [1.807, 2.05) is 0 Å². The van der Waals surface area contributed by atoms with Gasteiger partial charge in [0.2, 0.25) is 0 Å². The van der Waals surface area contributed by atoms with Crippen LogP contribution in [0, 0.1) is 5.92 Å². The standard InChI is InChI=1S/C14H30O.H2O4S/c1-3-11-14(2)12-9-7-5-4-6-8-10-13-15;1-5(2,3)4/h14-15H,3-13H2,1-2H3;(H2,1,2,3,4). The Bertz CT molecular complexity index is 269. The molecule has 3 N–H and O–H groups in total. The molecule has 0 saturated heterocycles. The van der Waals surface area contributed by atoms with Gasteiger partial charge in [0, 0.05) is 6.61 Å². The summed E-state index contributed by atoms with van der Waals surface area (Å²) in [6.07, 6.45) is 13.3. The van der Waals surface area contributed by atoms with Gasteiger partial charge in [-0.25, -0.2) is 0 Å². The van der Waals surface area contributed by atoms with Crippen molar-refractivity contribution in [1.29, 1.82) is 0 Å². The van der Waals surface area contributed by atoms with E-state index in [1.54, 1.807) is 0 Å². The van der Waals surface area contributed by atoms with E-state index < -0.39 is 10.4 Å². The molecule has 0 saturated carbocycles. The molecule has 1 atom stereocenters. The van der Waals surface area contributed by atoms with Crippen molar-refractivity contribution in [1.82, 2.24) is 0 Å². The van der Waals surface area contributed by atoms with Crippen molar-refractivity contribution < 1.29 is 22.6 Å². The third-order valence-corrected chi connectivity index (χ3v) is 3.14. The molecule has 0 aromatic carbocycles. The highest BCUT2D eigenvalue weighted by molar-refractivity contribution is 7.79. The van der Waals surface area contributed by atoms with Crippen LogP contribution < -0.4 is 0 Å². The number of aliphatic hydroxyl groups is 1. The lowest BCUT2D eigenvalue weighted by Crippen LogP contribution is -1.93. The van der Waals surface area contributed by atoms with E-state index in [1.165, 1.54) is 57.8 Å². The van der Waals surface area contributed by atoms with Gasteiger partial charge >= 0.3 is 10.4 Å². The molecule has 20 heavy (non-hydrogen) atoms. The monoisotopic (exact) mass is 312 g/mol. The van der Waals surface area contributed by atoms with E-state index in [4.69, 9.17) is 22.6 Å². The third kappa shape index (κ3) is 30.7. The molecule has 0 aromatic heterocycles. The summed E-state index contributed by atoms with van der Waals surface area (Å²) in [4.78, 5) is 0. The zero-order valence-corrected chi connectivity index (χ0v) is 13.7. The summed E-state index contributed by atoms with van der Waals surface area (Å²) in [5.74, 6) is 0.935. The van der Waals surface area contributed by atoms with Gasteiger partial charge in [-0.1, -0.05) is 71.6 Å². The van der Waals surface area contributed by atoms with Crippen molar-refractivity contribution in [3.63, 3.8) is 0 Å². The molecule has 0 radical (unpaired) electrons. The summed E-state index contributed by atoms with van der Waals surface area (Å²) in [5.41, 5.74) is 0. The maximum atomic E-state index is 8.74. The Hall–Kier alpha value is -0.170. The minimum atomic E-state index is -4.67. The third-order valence-electron chi connectivity index (χ3n) is 3.14. The van der Waals surface area contributed by atoms with E-state index >= 15 is 0 Å². The number of aliphatic hydroxyl groups excluding tert-OH is 1. The van der Waals surface area contributed by atoms with E-state index in [0.29, 0.717) is 6.61 Å². The molecule has 0 amide bonds. The van der Waals surface area contributed by atoms with Gasteiger partial charge in [0.15, 0.2) is 0 Å². The van der Waals surface area contributed by atoms with E-state index in [-0.39, 0.29) is 0 Å². The maximum Gasteiger partial charge on any atom is 0.394 e. The lowest BCUT2D eigenvalue weighted by atomic mass is 9.98. The second-order valence-electron chi connectivity index (χ2n) is 5.33. The van der Waals surface area contributed by atoms with E-state index in [9.17, 15) is 0 Å². The SMILES string of the molecule is CCCC(C)CCCCCCCCCO.O=S(=O)(O)O. The molecule has 0 bridgehead atoms. The lowest BCUT2D eigenvalue weighted by molar-refractivity contribution is 0.282. The summed E-state index contributed by atoms with van der Waals surface area (Å²) in [6, 6.07) is 0. The Labute approximate surface area is 124 Å². The summed E-state index contributed by atoms with van der Waals surface area (Å²) >= 11 is 0. The highest BCUT2D eigenvalue weighted by Gasteiger charge is 1.99. The van der Waals surface area contributed by atoms with Crippen molar-refractivity contribution in [3.8, 4) is 0 Å². The average molecular weight is 312 g/mol. The Balaban J connectivity index is 0. The van der Waals surface area contributed by atoms with Crippen molar-refractivity contribution in [2.75, 3.05) is 6.61 Å². The Morgan fingerprint density at radius 3 is 1.65 bits per heavy atom. The number of unbranched alkanes of at least 4 members (excludes halogenated alkanes) is 6. The van der Waals surface area contributed by atoms with Crippen molar-refractivity contribution in [2.45, 2.75) is 78.1 Å². The average Bonchev–Trinajstić information content (AvgIpc) is 2.31. The first-order valence-corrected chi connectivity index (χ1v) is 9.01. The zero-order chi connectivity index (χ0) is 15.9. The van der Waals surface area contributed by atoms with Crippen LogP contribution >= 0.6 is 0 Å². The van der Waals surface area contributed by atoms with Crippen molar-refractivity contribution in [3.05, 3.63) is 0 Å².